The van der Waals surface area contributed by atoms with Crippen LogP contribution in [0.25, 0.3) is 0 Å². The molecule has 0 bridgehead atoms. The Bertz CT molecular complexity index is 1320. The van der Waals surface area contributed by atoms with Crippen LogP contribution in [-0.4, -0.2) is 61.1 Å². The molecule has 0 radical (unpaired) electrons. The van der Waals surface area contributed by atoms with Gasteiger partial charge in [0.2, 0.25) is 0 Å². The van der Waals surface area contributed by atoms with E-state index in [-0.39, 0.29) is 11.1 Å². The van der Waals surface area contributed by atoms with E-state index < -0.39 is 10.0 Å². The van der Waals surface area contributed by atoms with Gasteiger partial charge in [0.1, 0.15) is 0 Å². The number of anilines is 1. The van der Waals surface area contributed by atoms with Gasteiger partial charge in [-0.3, -0.25) is 4.90 Å². The van der Waals surface area contributed by atoms with Crippen molar-refractivity contribution in [1.82, 2.24) is 19.2 Å². The lowest BCUT2D eigenvalue weighted by atomic mass is 9.74. The first-order chi connectivity index (χ1) is 17.5. The minimum atomic E-state index is -3.61. The number of hydrogen-bond donors (Lipinski definition) is 1. The molecule has 3 atom stereocenters. The van der Waals surface area contributed by atoms with Gasteiger partial charge in [-0.2, -0.15) is 0 Å². The van der Waals surface area contributed by atoms with Crippen LogP contribution >= 0.6 is 0 Å². The van der Waals surface area contributed by atoms with E-state index in [1.807, 2.05) is 0 Å². The summed E-state index contributed by atoms with van der Waals surface area (Å²) < 4.78 is 30.1. The fraction of sp³-hybridized carbons (Fsp3) is 0.464. The lowest BCUT2D eigenvalue weighted by molar-refractivity contribution is 0.0877. The van der Waals surface area contributed by atoms with Gasteiger partial charge in [-0.15, -0.1) is 0 Å². The number of likely N-dealkylation sites (tertiary alicyclic amines) is 1. The monoisotopic (exact) mass is 505 g/mol. The Kier molecular flexibility index (Phi) is 6.35. The lowest BCUT2D eigenvalue weighted by Crippen LogP contribution is -2.50. The molecule has 0 saturated carbocycles. The number of imidazole rings is 1. The quantitative estimate of drug-likeness (QED) is 0.534. The summed E-state index contributed by atoms with van der Waals surface area (Å²) >= 11 is 0. The van der Waals surface area contributed by atoms with Crippen molar-refractivity contribution in [2.24, 2.45) is 7.05 Å². The average Bonchev–Trinajstić information content (AvgIpc) is 3.49. The summed E-state index contributed by atoms with van der Waals surface area (Å²) in [5, 5.41) is 0.0815. The minimum Gasteiger partial charge on any atom is -0.370 e. The molecule has 36 heavy (non-hydrogen) atoms. The minimum absolute atomic E-state index is 0.0815. The largest absolute Gasteiger partial charge is 0.370 e. The molecular formula is C28H35N5O2S. The zero-order valence-corrected chi connectivity index (χ0v) is 21.7. The molecule has 0 spiro atoms. The molecule has 0 amide bonds. The summed E-state index contributed by atoms with van der Waals surface area (Å²) in [7, 11) is -1.84. The Hall–Kier alpha value is -2.68. The normalized spacial score (nSPS) is 24.5. The zero-order valence-electron chi connectivity index (χ0n) is 20.9. The predicted molar refractivity (Wildman–Crippen MR) is 142 cm³/mol. The maximum Gasteiger partial charge on any atom is 0.259 e. The molecule has 2 aliphatic heterocycles. The van der Waals surface area contributed by atoms with E-state index in [1.165, 1.54) is 54.6 Å². The third kappa shape index (κ3) is 4.69. The SMILES string of the molecule is Cn1cnc(S(=O)(=O)N[C@H]2CCN(c3ccc4c(c3)[C@@H](Cc3ccccc3)C(N3CCC3)CC4)C2)c1. The van der Waals surface area contributed by atoms with Crippen LogP contribution in [0.1, 0.15) is 41.9 Å². The standard InChI is InChI=1S/C28H35N5O2S/c1-31-19-28(29-20-31)36(34,35)30-23-12-15-33(18-23)24-10-8-22-9-11-27(32-13-5-14-32)26(25(22)17-24)16-21-6-3-2-4-7-21/h2-4,6-8,10,17,19-20,23,26-27,30H,5,9,11-16,18H2,1H3/t23-,26+,27?/m0/s1. The van der Waals surface area contributed by atoms with Gasteiger partial charge < -0.3 is 9.47 Å². The molecule has 1 aliphatic carbocycles. The van der Waals surface area contributed by atoms with E-state index >= 15 is 0 Å². The number of benzene rings is 2. The molecule has 6 rings (SSSR count). The van der Waals surface area contributed by atoms with E-state index in [0.717, 1.165) is 25.8 Å². The molecule has 190 valence electrons. The predicted octanol–water partition coefficient (Wildman–Crippen LogP) is 3.32. The topological polar surface area (TPSA) is 70.5 Å². The fourth-order valence-electron chi connectivity index (χ4n) is 6.19. The van der Waals surface area contributed by atoms with Crippen molar-refractivity contribution in [2.75, 3.05) is 31.1 Å². The smallest absolute Gasteiger partial charge is 0.259 e. The number of nitrogens with zero attached hydrogens (tertiary/aromatic N) is 4. The Morgan fingerprint density at radius 3 is 2.61 bits per heavy atom. The number of rotatable bonds is 7. The highest BCUT2D eigenvalue weighted by atomic mass is 32.2. The number of sulfonamides is 1. The van der Waals surface area contributed by atoms with Gasteiger partial charge in [-0.1, -0.05) is 36.4 Å². The van der Waals surface area contributed by atoms with Gasteiger partial charge in [-0.25, -0.2) is 18.1 Å². The summed E-state index contributed by atoms with van der Waals surface area (Å²) in [6.07, 6.45) is 8.57. The first-order valence-corrected chi connectivity index (χ1v) is 14.6. The molecular weight excluding hydrogens is 470 g/mol. The lowest BCUT2D eigenvalue weighted by Gasteiger charge is -2.46. The van der Waals surface area contributed by atoms with E-state index in [9.17, 15) is 8.42 Å². The maximum atomic E-state index is 12.8. The van der Waals surface area contributed by atoms with Crippen molar-refractivity contribution in [2.45, 2.75) is 55.1 Å². The van der Waals surface area contributed by atoms with Crippen molar-refractivity contribution in [3.63, 3.8) is 0 Å². The molecule has 1 N–H and O–H groups in total. The summed E-state index contributed by atoms with van der Waals surface area (Å²) in [4.78, 5) is 9.04. The second kappa shape index (κ2) is 9.65. The van der Waals surface area contributed by atoms with Gasteiger partial charge >= 0.3 is 0 Å². The second-order valence-corrected chi connectivity index (χ2v) is 12.3. The molecule has 3 aromatic rings. The summed E-state index contributed by atoms with van der Waals surface area (Å²) in [6, 6.07) is 18.3. The summed E-state index contributed by atoms with van der Waals surface area (Å²) in [5.41, 5.74) is 5.56. The van der Waals surface area contributed by atoms with Gasteiger partial charge in [0, 0.05) is 50.0 Å². The molecule has 3 heterocycles. The van der Waals surface area contributed by atoms with Gasteiger partial charge in [0.25, 0.3) is 10.0 Å². The van der Waals surface area contributed by atoms with Gasteiger partial charge in [0.05, 0.1) is 6.33 Å². The number of aryl methyl sites for hydroxylation is 2. The third-order valence-electron chi connectivity index (χ3n) is 8.19. The Balaban J connectivity index is 1.22. The maximum absolute atomic E-state index is 12.8. The Morgan fingerprint density at radius 2 is 1.89 bits per heavy atom. The molecule has 1 unspecified atom stereocenters. The summed E-state index contributed by atoms with van der Waals surface area (Å²) in [5.74, 6) is 0.484. The third-order valence-corrected chi connectivity index (χ3v) is 9.60. The number of hydrogen-bond acceptors (Lipinski definition) is 5. The Labute approximate surface area is 214 Å². The molecule has 2 fully saturated rings. The van der Waals surface area contributed by atoms with Crippen molar-refractivity contribution in [1.29, 1.82) is 0 Å². The van der Waals surface area contributed by atoms with Crippen LogP contribution in [0.5, 0.6) is 0 Å². The van der Waals surface area contributed by atoms with Gasteiger partial charge in [-0.05, 0) is 74.0 Å². The molecule has 3 aliphatic rings. The van der Waals surface area contributed by atoms with E-state index in [0.29, 0.717) is 18.5 Å². The van der Waals surface area contributed by atoms with Gasteiger partial charge in [0.15, 0.2) is 5.03 Å². The number of aromatic nitrogens is 2. The molecule has 7 nitrogen and oxygen atoms in total. The number of nitrogens with one attached hydrogen (secondary N) is 1. The highest BCUT2D eigenvalue weighted by Gasteiger charge is 2.36. The average molecular weight is 506 g/mol. The highest BCUT2D eigenvalue weighted by Crippen LogP contribution is 2.40. The second-order valence-electron chi connectivity index (χ2n) is 10.6. The van der Waals surface area contributed by atoms with Crippen LogP contribution in [0.2, 0.25) is 0 Å². The van der Waals surface area contributed by atoms with Crippen LogP contribution in [-0.2, 0) is 29.9 Å². The molecule has 1 aromatic heterocycles. The molecule has 8 heteroatoms. The van der Waals surface area contributed by atoms with Crippen molar-refractivity contribution < 1.29 is 8.42 Å². The van der Waals surface area contributed by atoms with Crippen LogP contribution in [0.15, 0.2) is 66.1 Å². The van der Waals surface area contributed by atoms with Crippen molar-refractivity contribution in [3.8, 4) is 0 Å². The van der Waals surface area contributed by atoms with Crippen molar-refractivity contribution >= 4 is 15.7 Å². The van der Waals surface area contributed by atoms with E-state index in [2.05, 4.69) is 68.0 Å². The highest BCUT2D eigenvalue weighted by molar-refractivity contribution is 7.89. The first kappa shape index (κ1) is 23.7. The molecule has 2 aromatic carbocycles. The van der Waals surface area contributed by atoms with Crippen LogP contribution in [0, 0.1) is 0 Å². The Morgan fingerprint density at radius 1 is 1.06 bits per heavy atom. The van der Waals surface area contributed by atoms with Crippen LogP contribution in [0.4, 0.5) is 5.69 Å². The zero-order chi connectivity index (χ0) is 24.7. The fourth-order valence-corrected chi connectivity index (χ4v) is 7.43. The van der Waals surface area contributed by atoms with E-state index in [4.69, 9.17) is 0 Å². The number of fused-ring (bicyclic) bond motifs is 1. The molecule has 2 saturated heterocycles. The van der Waals surface area contributed by atoms with Crippen molar-refractivity contribution in [3.05, 3.63) is 77.7 Å². The summed E-state index contributed by atoms with van der Waals surface area (Å²) in [6.45, 7) is 3.95. The van der Waals surface area contributed by atoms with Crippen LogP contribution in [0.3, 0.4) is 0 Å². The first-order valence-electron chi connectivity index (χ1n) is 13.1. The van der Waals surface area contributed by atoms with Crippen LogP contribution < -0.4 is 9.62 Å². The van der Waals surface area contributed by atoms with E-state index in [1.54, 1.807) is 17.8 Å².